The van der Waals surface area contributed by atoms with Crippen LogP contribution in [-0.2, 0) is 10.0 Å². The Balaban J connectivity index is 1.41. The van der Waals surface area contributed by atoms with Crippen molar-refractivity contribution in [1.82, 2.24) is 9.29 Å². The molecule has 1 aliphatic rings. The van der Waals surface area contributed by atoms with E-state index in [0.717, 1.165) is 22.0 Å². The van der Waals surface area contributed by atoms with Gasteiger partial charge in [-0.3, -0.25) is 0 Å². The highest BCUT2D eigenvalue weighted by Crippen LogP contribution is 2.32. The van der Waals surface area contributed by atoms with Crippen molar-refractivity contribution in [1.29, 1.82) is 0 Å². The molecule has 0 aliphatic carbocycles. The average molecular weight is 423 g/mol. The molecular weight excluding hydrogens is 403 g/mol. The second kappa shape index (κ2) is 7.65. The van der Waals surface area contributed by atoms with E-state index in [4.69, 9.17) is 9.47 Å². The van der Waals surface area contributed by atoms with Crippen molar-refractivity contribution in [2.45, 2.75) is 23.8 Å². The molecule has 2 aromatic carbocycles. The van der Waals surface area contributed by atoms with Crippen LogP contribution in [0, 0.1) is 5.82 Å². The summed E-state index contributed by atoms with van der Waals surface area (Å²) < 4.78 is 52.3. The molecule has 1 saturated heterocycles. The van der Waals surface area contributed by atoms with Gasteiger partial charge in [0.1, 0.15) is 17.7 Å². The van der Waals surface area contributed by atoms with E-state index in [1.807, 2.05) is 18.2 Å². The van der Waals surface area contributed by atoms with Crippen molar-refractivity contribution in [3.63, 3.8) is 0 Å². The Morgan fingerprint density at radius 2 is 1.96 bits per heavy atom. The number of rotatable bonds is 5. The first kappa shape index (κ1) is 19.1. The molecule has 148 valence electrons. The van der Waals surface area contributed by atoms with E-state index in [2.05, 4.69) is 4.98 Å². The summed E-state index contributed by atoms with van der Waals surface area (Å²) in [5.41, 5.74) is 0.811. The minimum atomic E-state index is -3.70. The first-order valence-electron chi connectivity index (χ1n) is 8.83. The van der Waals surface area contributed by atoms with E-state index in [9.17, 15) is 12.8 Å². The third-order valence-electron chi connectivity index (χ3n) is 4.68. The van der Waals surface area contributed by atoms with Crippen LogP contribution in [-0.4, -0.2) is 44.0 Å². The summed E-state index contributed by atoms with van der Waals surface area (Å²) in [5, 5.41) is 0.565. The maximum Gasteiger partial charge on any atom is 0.274 e. The van der Waals surface area contributed by atoms with Gasteiger partial charge < -0.3 is 9.47 Å². The number of methoxy groups -OCH3 is 1. The normalized spacial score (nSPS) is 16.4. The molecule has 0 atom stereocenters. The van der Waals surface area contributed by atoms with Gasteiger partial charge in [0.05, 0.1) is 22.2 Å². The number of piperidine rings is 1. The van der Waals surface area contributed by atoms with E-state index in [-0.39, 0.29) is 11.0 Å². The Morgan fingerprint density at radius 3 is 2.68 bits per heavy atom. The quantitative estimate of drug-likeness (QED) is 0.628. The van der Waals surface area contributed by atoms with Gasteiger partial charge in [0.25, 0.3) is 5.19 Å². The van der Waals surface area contributed by atoms with Crippen LogP contribution in [0.2, 0.25) is 0 Å². The molecule has 2 heterocycles. The zero-order valence-corrected chi connectivity index (χ0v) is 16.8. The van der Waals surface area contributed by atoms with Crippen LogP contribution in [0.15, 0.2) is 47.4 Å². The Morgan fingerprint density at radius 1 is 1.18 bits per heavy atom. The summed E-state index contributed by atoms with van der Waals surface area (Å²) in [7, 11) is -2.09. The molecule has 3 aromatic rings. The van der Waals surface area contributed by atoms with Gasteiger partial charge in [-0.05, 0) is 43.2 Å². The van der Waals surface area contributed by atoms with Gasteiger partial charge in [-0.15, -0.1) is 0 Å². The molecule has 0 unspecified atom stereocenters. The highest BCUT2D eigenvalue weighted by atomic mass is 32.2. The van der Waals surface area contributed by atoms with Crippen LogP contribution >= 0.6 is 11.3 Å². The molecule has 0 saturated carbocycles. The Bertz CT molecular complexity index is 1090. The molecule has 0 amide bonds. The summed E-state index contributed by atoms with van der Waals surface area (Å²) >= 11 is 1.45. The number of nitrogens with zero attached hydrogens (tertiary/aromatic N) is 2. The largest absolute Gasteiger partial charge is 0.497 e. The number of sulfonamides is 1. The second-order valence-electron chi connectivity index (χ2n) is 6.49. The summed E-state index contributed by atoms with van der Waals surface area (Å²) in [6.07, 6.45) is 0.989. The van der Waals surface area contributed by atoms with Crippen molar-refractivity contribution >= 4 is 31.6 Å². The fourth-order valence-corrected chi connectivity index (χ4v) is 5.54. The van der Waals surface area contributed by atoms with Gasteiger partial charge in [0, 0.05) is 19.2 Å². The summed E-state index contributed by atoms with van der Waals surface area (Å²) in [5.74, 6) is 0.173. The molecule has 1 fully saturated rings. The van der Waals surface area contributed by atoms with E-state index >= 15 is 0 Å². The van der Waals surface area contributed by atoms with E-state index in [1.54, 1.807) is 7.11 Å². The number of fused-ring (bicyclic) bond motifs is 1. The molecule has 9 heteroatoms. The molecule has 0 radical (unpaired) electrons. The van der Waals surface area contributed by atoms with Crippen molar-refractivity contribution in [2.24, 2.45) is 0 Å². The minimum absolute atomic E-state index is 0.0213. The lowest BCUT2D eigenvalue weighted by Crippen LogP contribution is -2.41. The number of hydrogen-bond donors (Lipinski definition) is 0. The lowest BCUT2D eigenvalue weighted by atomic mass is 10.1. The fraction of sp³-hybridized carbons (Fsp3) is 0.316. The topological polar surface area (TPSA) is 68.7 Å². The predicted molar refractivity (Wildman–Crippen MR) is 105 cm³/mol. The van der Waals surface area contributed by atoms with Crippen molar-refractivity contribution in [3.8, 4) is 10.9 Å². The third kappa shape index (κ3) is 3.82. The number of benzene rings is 2. The highest BCUT2D eigenvalue weighted by Gasteiger charge is 2.30. The van der Waals surface area contributed by atoms with Crippen molar-refractivity contribution < 1.29 is 22.3 Å². The van der Waals surface area contributed by atoms with Crippen molar-refractivity contribution in [3.05, 3.63) is 48.3 Å². The van der Waals surface area contributed by atoms with Gasteiger partial charge in [-0.25, -0.2) is 17.8 Å². The van der Waals surface area contributed by atoms with E-state index in [0.29, 0.717) is 31.1 Å². The maximum atomic E-state index is 13.4. The number of ether oxygens (including phenoxy) is 2. The Hall–Kier alpha value is -2.23. The number of thiazole rings is 1. The van der Waals surface area contributed by atoms with Crippen LogP contribution in [0.4, 0.5) is 4.39 Å². The SMILES string of the molecule is COc1ccc2sc(OC3CCN(S(=O)(=O)c4cccc(F)c4)CC3)nc2c1. The van der Waals surface area contributed by atoms with Crippen LogP contribution in [0.3, 0.4) is 0 Å². The molecule has 4 rings (SSSR count). The van der Waals surface area contributed by atoms with Gasteiger partial charge in [-0.2, -0.15) is 4.31 Å². The first-order chi connectivity index (χ1) is 13.5. The van der Waals surface area contributed by atoms with E-state index in [1.165, 1.54) is 33.8 Å². The third-order valence-corrected chi connectivity index (χ3v) is 7.50. The molecule has 6 nitrogen and oxygen atoms in total. The van der Waals surface area contributed by atoms with Gasteiger partial charge >= 0.3 is 0 Å². The minimum Gasteiger partial charge on any atom is -0.497 e. The number of aromatic nitrogens is 1. The molecule has 0 N–H and O–H groups in total. The standard InChI is InChI=1S/C19H19FN2O4S2/c1-25-15-5-6-18-17(12-15)21-19(27-18)26-14-7-9-22(10-8-14)28(23,24)16-4-2-3-13(20)11-16/h2-6,11-12,14H,7-10H2,1H3. The monoisotopic (exact) mass is 422 g/mol. The number of hydrogen-bond acceptors (Lipinski definition) is 6. The molecule has 1 aromatic heterocycles. The molecule has 28 heavy (non-hydrogen) atoms. The van der Waals surface area contributed by atoms with Crippen molar-refractivity contribution in [2.75, 3.05) is 20.2 Å². The van der Waals surface area contributed by atoms with Crippen LogP contribution in [0.25, 0.3) is 10.2 Å². The molecular formula is C19H19FN2O4S2. The van der Waals surface area contributed by atoms with Crippen LogP contribution in [0.1, 0.15) is 12.8 Å². The summed E-state index contributed by atoms with van der Waals surface area (Å²) in [4.78, 5) is 4.46. The first-order valence-corrected chi connectivity index (χ1v) is 11.1. The Labute approximate surface area is 166 Å². The van der Waals surface area contributed by atoms with Gasteiger partial charge in [0.2, 0.25) is 10.0 Å². The fourth-order valence-electron chi connectivity index (χ4n) is 3.17. The summed E-state index contributed by atoms with van der Waals surface area (Å²) in [6, 6.07) is 10.8. The Kier molecular flexibility index (Phi) is 5.22. The number of halogens is 1. The lowest BCUT2D eigenvalue weighted by Gasteiger charge is -2.30. The van der Waals surface area contributed by atoms with Gasteiger partial charge in [-0.1, -0.05) is 17.4 Å². The molecule has 0 bridgehead atoms. The summed E-state index contributed by atoms with van der Waals surface area (Å²) in [6.45, 7) is 0.643. The van der Waals surface area contributed by atoms with E-state index < -0.39 is 15.8 Å². The lowest BCUT2D eigenvalue weighted by molar-refractivity contribution is 0.135. The zero-order valence-electron chi connectivity index (χ0n) is 15.2. The molecule has 1 aliphatic heterocycles. The molecule has 0 spiro atoms. The zero-order chi connectivity index (χ0) is 19.7. The smallest absolute Gasteiger partial charge is 0.274 e. The van der Waals surface area contributed by atoms with Crippen LogP contribution in [0.5, 0.6) is 10.9 Å². The predicted octanol–water partition coefficient (Wildman–Crippen LogP) is 3.68. The maximum absolute atomic E-state index is 13.4. The average Bonchev–Trinajstić information content (AvgIpc) is 3.09. The second-order valence-corrected chi connectivity index (χ2v) is 9.42. The highest BCUT2D eigenvalue weighted by molar-refractivity contribution is 7.89. The van der Waals surface area contributed by atoms with Crippen LogP contribution < -0.4 is 9.47 Å². The van der Waals surface area contributed by atoms with Gasteiger partial charge in [0.15, 0.2) is 0 Å².